The van der Waals surface area contributed by atoms with Crippen molar-refractivity contribution < 1.29 is 4.79 Å². The van der Waals surface area contributed by atoms with Gasteiger partial charge < -0.3 is 19.4 Å². The Hall–Kier alpha value is -2.90. The number of aromatic nitrogens is 5. The molecular weight excluding hydrogens is 390 g/mol. The molecule has 8 nitrogen and oxygen atoms in total. The van der Waals surface area contributed by atoms with Crippen molar-refractivity contribution in [2.45, 2.75) is 71.0 Å². The minimum atomic E-state index is -0.00665. The van der Waals surface area contributed by atoms with Crippen molar-refractivity contribution in [3.63, 3.8) is 0 Å². The van der Waals surface area contributed by atoms with Crippen LogP contribution in [0.2, 0.25) is 0 Å². The standard InChI is InChI=1S/C23H31N7O/c1-2-28-18-10-6-5-9-17(18)25-22(28)19-11-8-16-29(19)23(31)24-14-13-21-27-26-20-12-4-3-7-15-30(20)21/h5-6,9-10,19H,2-4,7-8,11-16H2,1H3,(H,24,31). The van der Waals surface area contributed by atoms with E-state index in [4.69, 9.17) is 4.98 Å². The molecule has 4 heterocycles. The molecule has 0 aliphatic carbocycles. The van der Waals surface area contributed by atoms with Gasteiger partial charge in [0, 0.05) is 39.0 Å². The Morgan fingerprint density at radius 3 is 2.94 bits per heavy atom. The smallest absolute Gasteiger partial charge is 0.318 e. The number of nitrogens with zero attached hydrogens (tertiary/aromatic N) is 6. The van der Waals surface area contributed by atoms with Gasteiger partial charge in [-0.05, 0) is 44.7 Å². The molecule has 0 saturated carbocycles. The predicted molar refractivity (Wildman–Crippen MR) is 119 cm³/mol. The summed E-state index contributed by atoms with van der Waals surface area (Å²) in [6, 6.07) is 8.24. The largest absolute Gasteiger partial charge is 0.338 e. The lowest BCUT2D eigenvalue weighted by Gasteiger charge is -2.25. The first-order valence-electron chi connectivity index (χ1n) is 11.7. The molecule has 2 aromatic heterocycles. The van der Waals surface area contributed by atoms with Crippen LogP contribution < -0.4 is 5.32 Å². The number of aryl methyl sites for hydroxylation is 2. The third-order valence-corrected chi connectivity index (χ3v) is 6.62. The molecule has 1 aromatic carbocycles. The van der Waals surface area contributed by atoms with E-state index in [-0.39, 0.29) is 12.1 Å². The third kappa shape index (κ3) is 3.79. The van der Waals surface area contributed by atoms with Crippen molar-refractivity contribution in [2.24, 2.45) is 0 Å². The number of likely N-dealkylation sites (tertiary alicyclic amines) is 1. The molecule has 31 heavy (non-hydrogen) atoms. The van der Waals surface area contributed by atoms with Gasteiger partial charge in [0.15, 0.2) is 0 Å². The SMILES string of the molecule is CCn1c(C2CCCN2C(=O)NCCc2nnc3n2CCCCC3)nc2ccccc21. The van der Waals surface area contributed by atoms with E-state index in [1.165, 1.54) is 19.3 Å². The highest BCUT2D eigenvalue weighted by atomic mass is 16.2. The fourth-order valence-corrected chi connectivity index (χ4v) is 5.07. The molecule has 0 bridgehead atoms. The fourth-order valence-electron chi connectivity index (χ4n) is 5.07. The average Bonchev–Trinajstić information content (AvgIpc) is 3.46. The second-order valence-corrected chi connectivity index (χ2v) is 8.53. The van der Waals surface area contributed by atoms with Crippen LogP contribution in [0.3, 0.4) is 0 Å². The molecule has 8 heteroatoms. The lowest BCUT2D eigenvalue weighted by molar-refractivity contribution is 0.190. The van der Waals surface area contributed by atoms with Crippen LogP contribution in [0.25, 0.3) is 11.0 Å². The second kappa shape index (κ2) is 8.69. The summed E-state index contributed by atoms with van der Waals surface area (Å²) in [6.45, 7) is 5.32. The number of rotatable bonds is 5. The number of para-hydroxylation sites is 2. The van der Waals surface area contributed by atoms with E-state index in [1.54, 1.807) is 0 Å². The molecular formula is C23H31N7O. The van der Waals surface area contributed by atoms with Crippen molar-refractivity contribution in [3.8, 4) is 0 Å². The van der Waals surface area contributed by atoms with Crippen molar-refractivity contribution in [1.82, 2.24) is 34.5 Å². The predicted octanol–water partition coefficient (Wildman–Crippen LogP) is 3.46. The van der Waals surface area contributed by atoms with Gasteiger partial charge in [-0.2, -0.15) is 0 Å². The van der Waals surface area contributed by atoms with Gasteiger partial charge in [0.05, 0.1) is 17.1 Å². The molecule has 1 saturated heterocycles. The monoisotopic (exact) mass is 421 g/mol. The zero-order valence-corrected chi connectivity index (χ0v) is 18.3. The highest BCUT2D eigenvalue weighted by Crippen LogP contribution is 2.33. The van der Waals surface area contributed by atoms with Crippen LogP contribution in [0.15, 0.2) is 24.3 Å². The van der Waals surface area contributed by atoms with E-state index >= 15 is 0 Å². The van der Waals surface area contributed by atoms with Crippen molar-refractivity contribution >= 4 is 17.1 Å². The van der Waals surface area contributed by atoms with Crippen LogP contribution in [0.1, 0.15) is 62.5 Å². The lowest BCUT2D eigenvalue weighted by Crippen LogP contribution is -2.41. The Balaban J connectivity index is 1.26. The molecule has 0 radical (unpaired) electrons. The van der Waals surface area contributed by atoms with Gasteiger partial charge >= 0.3 is 6.03 Å². The normalized spacial score (nSPS) is 18.9. The number of carbonyl (C=O) groups excluding carboxylic acids is 1. The van der Waals surface area contributed by atoms with E-state index in [0.717, 1.165) is 67.4 Å². The first-order valence-corrected chi connectivity index (χ1v) is 11.7. The van der Waals surface area contributed by atoms with E-state index in [0.29, 0.717) is 13.0 Å². The summed E-state index contributed by atoms with van der Waals surface area (Å²) in [4.78, 5) is 19.9. The number of fused-ring (bicyclic) bond motifs is 2. The summed E-state index contributed by atoms with van der Waals surface area (Å²) in [5.41, 5.74) is 2.14. The van der Waals surface area contributed by atoms with Gasteiger partial charge in [0.25, 0.3) is 0 Å². The van der Waals surface area contributed by atoms with Crippen LogP contribution in [-0.4, -0.2) is 48.3 Å². The van der Waals surface area contributed by atoms with Gasteiger partial charge in [0.1, 0.15) is 17.5 Å². The van der Waals surface area contributed by atoms with Gasteiger partial charge in [-0.15, -0.1) is 10.2 Å². The molecule has 1 fully saturated rings. The summed E-state index contributed by atoms with van der Waals surface area (Å²) in [5, 5.41) is 11.9. The molecule has 164 valence electrons. The van der Waals surface area contributed by atoms with Crippen LogP contribution >= 0.6 is 0 Å². The van der Waals surface area contributed by atoms with E-state index < -0.39 is 0 Å². The van der Waals surface area contributed by atoms with E-state index in [2.05, 4.69) is 37.6 Å². The highest BCUT2D eigenvalue weighted by Gasteiger charge is 2.33. The topological polar surface area (TPSA) is 80.9 Å². The first-order chi connectivity index (χ1) is 15.3. The minimum absolute atomic E-state index is 0.00665. The lowest BCUT2D eigenvalue weighted by atomic mass is 10.2. The third-order valence-electron chi connectivity index (χ3n) is 6.62. The second-order valence-electron chi connectivity index (χ2n) is 8.53. The Bertz CT molecular complexity index is 1070. The van der Waals surface area contributed by atoms with Crippen LogP contribution in [-0.2, 0) is 25.9 Å². The van der Waals surface area contributed by atoms with Crippen LogP contribution in [0, 0.1) is 0 Å². The number of benzene rings is 1. The summed E-state index contributed by atoms with van der Waals surface area (Å²) >= 11 is 0. The molecule has 1 unspecified atom stereocenters. The Morgan fingerprint density at radius 2 is 2.03 bits per heavy atom. The Labute approximate surface area is 182 Å². The van der Waals surface area contributed by atoms with Crippen molar-refractivity contribution in [3.05, 3.63) is 41.7 Å². The van der Waals surface area contributed by atoms with Crippen LogP contribution in [0.5, 0.6) is 0 Å². The summed E-state index contributed by atoms with van der Waals surface area (Å²) < 4.78 is 4.50. The fraction of sp³-hybridized carbons (Fsp3) is 0.565. The van der Waals surface area contributed by atoms with Gasteiger partial charge in [-0.25, -0.2) is 9.78 Å². The molecule has 3 aromatic rings. The zero-order valence-electron chi connectivity index (χ0n) is 18.3. The van der Waals surface area contributed by atoms with E-state index in [9.17, 15) is 4.79 Å². The molecule has 2 aliphatic rings. The maximum atomic E-state index is 13.1. The average molecular weight is 422 g/mol. The molecule has 2 aliphatic heterocycles. The quantitative estimate of drug-likeness (QED) is 0.684. The van der Waals surface area contributed by atoms with Crippen molar-refractivity contribution in [1.29, 1.82) is 0 Å². The maximum absolute atomic E-state index is 13.1. The number of nitrogens with one attached hydrogen (secondary N) is 1. The molecule has 0 spiro atoms. The zero-order chi connectivity index (χ0) is 21.2. The first kappa shape index (κ1) is 20.0. The van der Waals surface area contributed by atoms with E-state index in [1.807, 2.05) is 23.1 Å². The van der Waals surface area contributed by atoms with Crippen LogP contribution in [0.4, 0.5) is 4.79 Å². The number of amides is 2. The van der Waals surface area contributed by atoms with Gasteiger partial charge in [-0.3, -0.25) is 0 Å². The molecule has 2 amide bonds. The van der Waals surface area contributed by atoms with Gasteiger partial charge in [-0.1, -0.05) is 18.6 Å². The molecule has 5 rings (SSSR count). The number of hydrogen-bond acceptors (Lipinski definition) is 4. The number of imidazole rings is 1. The number of hydrogen-bond donors (Lipinski definition) is 1. The number of urea groups is 1. The minimum Gasteiger partial charge on any atom is -0.338 e. The Kier molecular flexibility index (Phi) is 5.61. The van der Waals surface area contributed by atoms with Gasteiger partial charge in [0.2, 0.25) is 0 Å². The summed E-state index contributed by atoms with van der Waals surface area (Å²) in [5.74, 6) is 3.08. The van der Waals surface area contributed by atoms with Crippen molar-refractivity contribution in [2.75, 3.05) is 13.1 Å². The number of carbonyl (C=O) groups is 1. The maximum Gasteiger partial charge on any atom is 0.318 e. The Morgan fingerprint density at radius 1 is 1.13 bits per heavy atom. The molecule has 1 N–H and O–H groups in total. The summed E-state index contributed by atoms with van der Waals surface area (Å²) in [7, 11) is 0. The molecule has 1 atom stereocenters. The highest BCUT2D eigenvalue weighted by molar-refractivity contribution is 5.77. The summed E-state index contributed by atoms with van der Waals surface area (Å²) in [6.07, 6.45) is 7.29.